The van der Waals surface area contributed by atoms with Crippen molar-refractivity contribution in [3.05, 3.63) is 69.8 Å². The zero-order valence-corrected chi connectivity index (χ0v) is 15.3. The number of ketones is 1. The average molecular weight is 399 g/mol. The lowest BCUT2D eigenvalue weighted by Crippen LogP contribution is -2.32. The van der Waals surface area contributed by atoms with Crippen LogP contribution in [0.5, 0.6) is 0 Å². The predicted molar refractivity (Wildman–Crippen MR) is 101 cm³/mol. The summed E-state index contributed by atoms with van der Waals surface area (Å²) in [5.41, 5.74) is 0.544. The Morgan fingerprint density at radius 1 is 1.03 bits per heavy atom. The third kappa shape index (κ3) is 6.54. The van der Waals surface area contributed by atoms with Crippen molar-refractivity contribution in [3.8, 4) is 0 Å². The quantitative estimate of drug-likeness (QED) is 0.297. The fourth-order valence-electron chi connectivity index (χ4n) is 2.23. The molecule has 0 aliphatic carbocycles. The van der Waals surface area contributed by atoms with Crippen molar-refractivity contribution in [2.45, 2.75) is 6.92 Å². The van der Waals surface area contributed by atoms with Gasteiger partial charge in [-0.2, -0.15) is 0 Å². The summed E-state index contributed by atoms with van der Waals surface area (Å²) in [7, 11) is 0. The molecule has 10 nitrogen and oxygen atoms in total. The summed E-state index contributed by atoms with van der Waals surface area (Å²) in [6.07, 6.45) is 0. The van der Waals surface area contributed by atoms with E-state index in [1.807, 2.05) is 0 Å². The van der Waals surface area contributed by atoms with Gasteiger partial charge in [-0.05, 0) is 25.1 Å². The van der Waals surface area contributed by atoms with Crippen LogP contribution in [-0.2, 0) is 14.3 Å². The number of esters is 1. The molecule has 0 bridgehead atoms. The van der Waals surface area contributed by atoms with Gasteiger partial charge in [0.25, 0.3) is 17.5 Å². The summed E-state index contributed by atoms with van der Waals surface area (Å²) in [4.78, 5) is 56.9. The van der Waals surface area contributed by atoms with E-state index in [1.54, 1.807) is 18.2 Å². The van der Waals surface area contributed by atoms with Crippen molar-refractivity contribution in [3.63, 3.8) is 0 Å². The van der Waals surface area contributed by atoms with Crippen LogP contribution < -0.4 is 10.6 Å². The maximum atomic E-state index is 11.9. The molecule has 0 saturated heterocycles. The number of anilines is 1. The summed E-state index contributed by atoms with van der Waals surface area (Å²) < 4.78 is 4.76. The van der Waals surface area contributed by atoms with Gasteiger partial charge in [0.15, 0.2) is 12.4 Å². The molecule has 10 heteroatoms. The molecular weight excluding hydrogens is 382 g/mol. The number of Topliss-reactive ketones (excluding diaryl/α,β-unsaturated/α-hetero) is 1. The largest absolute Gasteiger partial charge is 0.454 e. The first-order valence-corrected chi connectivity index (χ1v) is 8.35. The zero-order chi connectivity index (χ0) is 21.4. The van der Waals surface area contributed by atoms with Crippen molar-refractivity contribution in [1.82, 2.24) is 5.32 Å². The molecule has 2 amide bonds. The number of nitrogens with one attached hydrogen (secondary N) is 2. The number of nitrogens with zero attached hydrogens (tertiary/aromatic N) is 1. The molecule has 29 heavy (non-hydrogen) atoms. The van der Waals surface area contributed by atoms with E-state index < -0.39 is 35.9 Å². The normalized spacial score (nSPS) is 9.97. The zero-order valence-electron chi connectivity index (χ0n) is 15.3. The molecule has 150 valence electrons. The van der Waals surface area contributed by atoms with Crippen molar-refractivity contribution in [2.24, 2.45) is 0 Å². The van der Waals surface area contributed by atoms with E-state index in [-0.39, 0.29) is 17.0 Å². The molecule has 0 spiro atoms. The van der Waals surface area contributed by atoms with Gasteiger partial charge in [0.2, 0.25) is 0 Å². The highest BCUT2D eigenvalue weighted by Crippen LogP contribution is 2.13. The number of amides is 2. The van der Waals surface area contributed by atoms with Gasteiger partial charge in [-0.15, -0.1) is 0 Å². The average Bonchev–Trinajstić information content (AvgIpc) is 2.70. The molecule has 0 atom stereocenters. The summed E-state index contributed by atoms with van der Waals surface area (Å²) in [5, 5.41) is 15.5. The monoisotopic (exact) mass is 399 g/mol. The second kappa shape index (κ2) is 9.74. The number of nitro groups is 1. The van der Waals surface area contributed by atoms with Gasteiger partial charge in [-0.3, -0.25) is 29.3 Å². The predicted octanol–water partition coefficient (Wildman–Crippen LogP) is 1.71. The van der Waals surface area contributed by atoms with Crippen molar-refractivity contribution >= 4 is 34.9 Å². The Hall–Kier alpha value is -4.08. The van der Waals surface area contributed by atoms with Crippen LogP contribution in [-0.4, -0.2) is 41.6 Å². The van der Waals surface area contributed by atoms with E-state index in [1.165, 1.54) is 31.2 Å². The van der Waals surface area contributed by atoms with E-state index in [0.29, 0.717) is 11.3 Å². The van der Waals surface area contributed by atoms with E-state index in [4.69, 9.17) is 4.74 Å². The molecule has 2 N–H and O–H groups in total. The van der Waals surface area contributed by atoms with Crippen molar-refractivity contribution in [2.75, 3.05) is 18.5 Å². The minimum atomic E-state index is -0.864. The fraction of sp³-hybridized carbons (Fsp3) is 0.158. The highest BCUT2D eigenvalue weighted by atomic mass is 16.6. The van der Waals surface area contributed by atoms with Crippen LogP contribution in [0.3, 0.4) is 0 Å². The van der Waals surface area contributed by atoms with E-state index in [0.717, 1.165) is 6.07 Å². The minimum Gasteiger partial charge on any atom is -0.454 e. The van der Waals surface area contributed by atoms with Crippen LogP contribution in [0.15, 0.2) is 48.5 Å². The van der Waals surface area contributed by atoms with E-state index in [2.05, 4.69) is 10.6 Å². The van der Waals surface area contributed by atoms with Gasteiger partial charge in [0, 0.05) is 28.9 Å². The number of nitro benzene ring substituents is 1. The van der Waals surface area contributed by atoms with Crippen LogP contribution in [0, 0.1) is 10.1 Å². The second-order valence-electron chi connectivity index (χ2n) is 5.84. The maximum Gasteiger partial charge on any atom is 0.325 e. The second-order valence-corrected chi connectivity index (χ2v) is 5.84. The Balaban J connectivity index is 1.79. The van der Waals surface area contributed by atoms with E-state index >= 15 is 0 Å². The van der Waals surface area contributed by atoms with Crippen molar-refractivity contribution < 1.29 is 28.8 Å². The third-order valence-electron chi connectivity index (χ3n) is 3.63. The lowest BCUT2D eigenvalue weighted by atomic mass is 10.1. The Kier molecular flexibility index (Phi) is 7.13. The highest BCUT2D eigenvalue weighted by Gasteiger charge is 2.14. The van der Waals surface area contributed by atoms with Gasteiger partial charge < -0.3 is 15.4 Å². The molecule has 0 fully saturated rings. The summed E-state index contributed by atoms with van der Waals surface area (Å²) in [6.45, 7) is 0.287. The van der Waals surface area contributed by atoms with Crippen LogP contribution >= 0.6 is 0 Å². The number of carbonyl (C=O) groups excluding carboxylic acids is 4. The van der Waals surface area contributed by atoms with Gasteiger partial charge in [0.1, 0.15) is 6.54 Å². The summed E-state index contributed by atoms with van der Waals surface area (Å²) in [5.74, 6) is -2.34. The first-order valence-electron chi connectivity index (χ1n) is 8.35. The topological polar surface area (TPSA) is 145 Å². The van der Waals surface area contributed by atoms with Gasteiger partial charge >= 0.3 is 5.97 Å². The number of benzene rings is 2. The Labute approximate surface area is 165 Å². The van der Waals surface area contributed by atoms with Gasteiger partial charge in [-0.25, -0.2) is 0 Å². The van der Waals surface area contributed by atoms with E-state index in [9.17, 15) is 29.3 Å². The van der Waals surface area contributed by atoms with Crippen LogP contribution in [0.1, 0.15) is 27.6 Å². The Morgan fingerprint density at radius 3 is 2.41 bits per heavy atom. The summed E-state index contributed by atoms with van der Waals surface area (Å²) in [6, 6.07) is 11.3. The Morgan fingerprint density at radius 2 is 1.72 bits per heavy atom. The fourth-order valence-corrected chi connectivity index (χ4v) is 2.23. The first-order chi connectivity index (χ1) is 13.8. The smallest absolute Gasteiger partial charge is 0.325 e. The number of hydrogen-bond acceptors (Lipinski definition) is 7. The molecular formula is C19H17N3O7. The van der Waals surface area contributed by atoms with Crippen LogP contribution in [0.25, 0.3) is 0 Å². The number of rotatable bonds is 8. The molecule has 2 aromatic rings. The number of hydrogen-bond donors (Lipinski definition) is 2. The van der Waals surface area contributed by atoms with Gasteiger partial charge in [0.05, 0.1) is 4.92 Å². The molecule has 0 aliphatic rings. The van der Waals surface area contributed by atoms with Crippen molar-refractivity contribution in [1.29, 1.82) is 0 Å². The maximum absolute atomic E-state index is 11.9. The third-order valence-corrected chi connectivity index (χ3v) is 3.63. The number of carbonyl (C=O) groups is 4. The molecule has 0 heterocycles. The standard InChI is InChI=1S/C19H17N3O7/c1-12(23)13-4-2-6-15(8-13)21-17(24)11-29-18(25)10-20-19(26)14-5-3-7-16(9-14)22(27)28/h2-9H,10-11H2,1H3,(H,20,26)(H,21,24). The molecule has 0 radical (unpaired) electrons. The highest BCUT2D eigenvalue weighted by molar-refractivity contribution is 5.98. The SMILES string of the molecule is CC(=O)c1cccc(NC(=O)COC(=O)CNC(=O)c2cccc([N+](=O)[O-])c2)c1. The van der Waals surface area contributed by atoms with Crippen LogP contribution in [0.4, 0.5) is 11.4 Å². The molecule has 2 rings (SSSR count). The molecule has 0 aliphatic heterocycles. The number of ether oxygens (including phenoxy) is 1. The molecule has 0 saturated carbocycles. The summed E-state index contributed by atoms with van der Waals surface area (Å²) >= 11 is 0. The molecule has 2 aromatic carbocycles. The number of non-ortho nitro benzene ring substituents is 1. The first kappa shape index (κ1) is 21.2. The molecule has 0 aromatic heterocycles. The Bertz CT molecular complexity index is 972. The van der Waals surface area contributed by atoms with Crippen LogP contribution in [0.2, 0.25) is 0 Å². The minimum absolute atomic E-state index is 0.00935. The lowest BCUT2D eigenvalue weighted by molar-refractivity contribution is -0.384. The lowest BCUT2D eigenvalue weighted by Gasteiger charge is -2.08. The van der Waals surface area contributed by atoms with Gasteiger partial charge in [-0.1, -0.05) is 18.2 Å². The molecule has 0 unspecified atom stereocenters.